The van der Waals surface area contributed by atoms with Crippen LogP contribution in [0.4, 0.5) is 0 Å². The first kappa shape index (κ1) is 14.3. The van der Waals surface area contributed by atoms with Crippen LogP contribution >= 0.6 is 11.6 Å². The molecule has 1 N–H and O–H groups in total. The summed E-state index contributed by atoms with van der Waals surface area (Å²) in [6, 6.07) is 0. The fraction of sp³-hybridized carbons (Fsp3) is 0.769. The van der Waals surface area contributed by atoms with E-state index in [-0.39, 0.29) is 12.3 Å². The van der Waals surface area contributed by atoms with Crippen molar-refractivity contribution in [1.29, 1.82) is 0 Å². The van der Waals surface area contributed by atoms with E-state index in [9.17, 15) is 9.90 Å². The first-order valence-electron chi connectivity index (χ1n) is 6.40. The SMILES string of the molecule is C=C1[C@H]2O[C@@H](OC)[C@@H]3[C@](CCl)(O2)[C@@H](OC(C)=O)C[C@]13O. The van der Waals surface area contributed by atoms with Crippen LogP contribution in [0.25, 0.3) is 0 Å². The Hall–Kier alpha value is -0.660. The van der Waals surface area contributed by atoms with Crippen LogP contribution in [-0.2, 0) is 23.7 Å². The van der Waals surface area contributed by atoms with Crippen LogP contribution < -0.4 is 0 Å². The van der Waals surface area contributed by atoms with Crippen LogP contribution in [0.2, 0.25) is 0 Å². The van der Waals surface area contributed by atoms with Gasteiger partial charge in [0.15, 0.2) is 12.6 Å². The van der Waals surface area contributed by atoms with Gasteiger partial charge in [-0.15, -0.1) is 11.6 Å². The fourth-order valence-corrected chi connectivity index (χ4v) is 4.04. The molecule has 0 aromatic rings. The normalized spacial score (nSPS) is 49.5. The van der Waals surface area contributed by atoms with Crippen molar-refractivity contribution in [2.24, 2.45) is 5.92 Å². The van der Waals surface area contributed by atoms with Crippen LogP contribution in [-0.4, -0.2) is 54.0 Å². The molecule has 6 nitrogen and oxygen atoms in total. The number of carbonyl (C=O) groups excluding carboxylic acids is 1. The molecule has 0 spiro atoms. The van der Waals surface area contributed by atoms with Gasteiger partial charge in [-0.05, 0) is 0 Å². The molecule has 3 heterocycles. The van der Waals surface area contributed by atoms with E-state index < -0.39 is 41.8 Å². The number of methoxy groups -OCH3 is 1. The molecular weight excluding hydrogens is 288 g/mol. The van der Waals surface area contributed by atoms with Crippen LogP contribution in [0.5, 0.6) is 0 Å². The first-order chi connectivity index (χ1) is 9.39. The van der Waals surface area contributed by atoms with Gasteiger partial charge in [0.25, 0.3) is 0 Å². The van der Waals surface area contributed by atoms with Gasteiger partial charge in [-0.25, -0.2) is 0 Å². The summed E-state index contributed by atoms with van der Waals surface area (Å²) in [6.45, 7) is 5.17. The average Bonchev–Trinajstić information content (AvgIpc) is 2.63. The van der Waals surface area contributed by atoms with Crippen molar-refractivity contribution in [3.05, 3.63) is 12.2 Å². The number of ether oxygens (including phenoxy) is 4. The molecule has 0 aromatic carbocycles. The Labute approximate surface area is 121 Å². The molecule has 1 saturated carbocycles. The van der Waals surface area contributed by atoms with Crippen molar-refractivity contribution in [3.63, 3.8) is 0 Å². The maximum atomic E-state index is 11.3. The highest BCUT2D eigenvalue weighted by Gasteiger charge is 2.75. The third-order valence-electron chi connectivity index (χ3n) is 4.53. The minimum Gasteiger partial charge on any atom is -0.459 e. The Bertz CT molecular complexity index is 468. The fourth-order valence-electron chi connectivity index (χ4n) is 3.64. The lowest BCUT2D eigenvalue weighted by molar-refractivity contribution is -0.384. The van der Waals surface area contributed by atoms with Crippen molar-refractivity contribution >= 4 is 17.6 Å². The van der Waals surface area contributed by atoms with Gasteiger partial charge < -0.3 is 24.1 Å². The van der Waals surface area contributed by atoms with E-state index in [2.05, 4.69) is 6.58 Å². The number of fused-ring (bicyclic) bond motifs is 1. The Kier molecular flexibility index (Phi) is 3.15. The zero-order chi connectivity index (χ0) is 14.7. The van der Waals surface area contributed by atoms with Gasteiger partial charge in [-0.2, -0.15) is 0 Å². The van der Waals surface area contributed by atoms with E-state index in [0.29, 0.717) is 5.57 Å². The highest BCUT2D eigenvalue weighted by Crippen LogP contribution is 2.61. The van der Waals surface area contributed by atoms with Crippen molar-refractivity contribution < 1.29 is 28.8 Å². The number of carbonyl (C=O) groups is 1. The second kappa shape index (κ2) is 4.42. The quantitative estimate of drug-likeness (QED) is 0.467. The number of esters is 1. The van der Waals surface area contributed by atoms with Gasteiger partial charge in [0.2, 0.25) is 0 Å². The molecular formula is C13H17ClO6. The molecule has 6 atom stereocenters. The standard InChI is InChI=1S/C13H17ClO6/c1-6-10-19-11(17-3)9-12(6,16)4-8(18-7(2)15)13(9,5-14)20-10/h8-11,16H,1,4-5H2,2-3H3/t8-,9-,10-,11+,12-,13+/m0/s1. The van der Waals surface area contributed by atoms with E-state index in [4.69, 9.17) is 30.5 Å². The predicted octanol–water partition coefficient (Wildman–Crippen LogP) is 0.562. The summed E-state index contributed by atoms with van der Waals surface area (Å²) >= 11 is 6.10. The molecule has 20 heavy (non-hydrogen) atoms. The number of rotatable bonds is 3. The lowest BCUT2D eigenvalue weighted by atomic mass is 9.74. The minimum absolute atomic E-state index is 0.0604. The zero-order valence-corrected chi connectivity index (χ0v) is 12.1. The van der Waals surface area contributed by atoms with Crippen LogP contribution in [0.15, 0.2) is 12.2 Å². The molecule has 7 heteroatoms. The van der Waals surface area contributed by atoms with E-state index >= 15 is 0 Å². The molecule has 4 bridgehead atoms. The lowest BCUT2D eigenvalue weighted by Crippen LogP contribution is -2.69. The first-order valence-corrected chi connectivity index (χ1v) is 6.93. The largest absolute Gasteiger partial charge is 0.459 e. The van der Waals surface area contributed by atoms with Gasteiger partial charge >= 0.3 is 5.97 Å². The Morgan fingerprint density at radius 3 is 2.90 bits per heavy atom. The molecule has 0 unspecified atom stereocenters. The monoisotopic (exact) mass is 304 g/mol. The van der Waals surface area contributed by atoms with Crippen molar-refractivity contribution in [1.82, 2.24) is 0 Å². The number of alkyl halides is 1. The summed E-state index contributed by atoms with van der Waals surface area (Å²) in [6.07, 6.45) is -1.96. The van der Waals surface area contributed by atoms with Crippen LogP contribution in [0.3, 0.4) is 0 Å². The molecule has 0 amide bonds. The highest BCUT2D eigenvalue weighted by atomic mass is 35.5. The van der Waals surface area contributed by atoms with Gasteiger partial charge in [0.05, 0.1) is 11.8 Å². The van der Waals surface area contributed by atoms with Gasteiger partial charge in [0.1, 0.15) is 17.3 Å². The van der Waals surface area contributed by atoms with Crippen LogP contribution in [0.1, 0.15) is 13.3 Å². The molecule has 1 aliphatic carbocycles. The smallest absolute Gasteiger partial charge is 0.303 e. The van der Waals surface area contributed by atoms with Crippen molar-refractivity contribution in [3.8, 4) is 0 Å². The van der Waals surface area contributed by atoms with E-state index in [1.807, 2.05) is 0 Å². The average molecular weight is 305 g/mol. The maximum Gasteiger partial charge on any atom is 0.303 e. The van der Waals surface area contributed by atoms with Crippen molar-refractivity contribution in [2.75, 3.05) is 13.0 Å². The van der Waals surface area contributed by atoms with E-state index in [1.54, 1.807) is 0 Å². The summed E-state index contributed by atoms with van der Waals surface area (Å²) < 4.78 is 22.0. The number of hydrogen-bond acceptors (Lipinski definition) is 6. The van der Waals surface area contributed by atoms with Gasteiger partial charge in [-0.3, -0.25) is 4.79 Å². The maximum absolute atomic E-state index is 11.3. The molecule has 3 aliphatic heterocycles. The zero-order valence-electron chi connectivity index (χ0n) is 11.3. The second-order valence-corrected chi connectivity index (χ2v) is 5.78. The number of halogens is 1. The highest BCUT2D eigenvalue weighted by molar-refractivity contribution is 6.18. The Morgan fingerprint density at radius 1 is 1.65 bits per heavy atom. The minimum atomic E-state index is -1.27. The van der Waals surface area contributed by atoms with E-state index in [1.165, 1.54) is 14.0 Å². The van der Waals surface area contributed by atoms with Crippen LogP contribution in [0, 0.1) is 5.92 Å². The molecule has 4 rings (SSSR count). The Morgan fingerprint density at radius 2 is 2.35 bits per heavy atom. The summed E-state index contributed by atoms with van der Waals surface area (Å²) in [5.41, 5.74) is -1.87. The molecule has 3 saturated heterocycles. The predicted molar refractivity (Wildman–Crippen MR) is 68.0 cm³/mol. The molecule has 112 valence electrons. The summed E-state index contributed by atoms with van der Waals surface area (Å²) in [7, 11) is 1.49. The van der Waals surface area contributed by atoms with Gasteiger partial charge in [-0.1, -0.05) is 6.58 Å². The molecule has 0 radical (unpaired) electrons. The van der Waals surface area contributed by atoms with Gasteiger partial charge in [0, 0.05) is 26.0 Å². The third kappa shape index (κ3) is 1.57. The molecule has 4 fully saturated rings. The Balaban J connectivity index is 2.07. The topological polar surface area (TPSA) is 74.2 Å². The third-order valence-corrected chi connectivity index (χ3v) is 4.95. The summed E-state index contributed by atoms with van der Waals surface area (Å²) in [4.78, 5) is 11.3. The second-order valence-electron chi connectivity index (χ2n) is 5.51. The van der Waals surface area contributed by atoms with E-state index in [0.717, 1.165) is 0 Å². The number of hydrogen-bond donors (Lipinski definition) is 1. The summed E-state index contributed by atoms with van der Waals surface area (Å²) in [5, 5.41) is 11.0. The molecule has 4 aliphatic rings. The lowest BCUT2D eigenvalue weighted by Gasteiger charge is -2.55. The van der Waals surface area contributed by atoms with Crippen molar-refractivity contribution in [2.45, 2.75) is 43.2 Å². The number of aliphatic hydroxyl groups is 1. The molecule has 0 aromatic heterocycles. The summed E-state index contributed by atoms with van der Waals surface area (Å²) in [5.74, 6) is -0.972.